The summed E-state index contributed by atoms with van der Waals surface area (Å²) in [5.41, 5.74) is 0.962. The summed E-state index contributed by atoms with van der Waals surface area (Å²) in [7, 11) is 0. The summed E-state index contributed by atoms with van der Waals surface area (Å²) in [4.78, 5) is 29.0. The molecule has 0 N–H and O–H groups in total. The second-order valence-electron chi connectivity index (χ2n) is 6.27. The van der Waals surface area contributed by atoms with Gasteiger partial charge in [-0.05, 0) is 31.2 Å². The number of fused-ring (bicyclic) bond motifs is 1. The Labute approximate surface area is 141 Å². The Morgan fingerprint density at radius 3 is 2.79 bits per heavy atom. The zero-order chi connectivity index (χ0) is 17.1. The van der Waals surface area contributed by atoms with Crippen molar-refractivity contribution in [3.63, 3.8) is 0 Å². The van der Waals surface area contributed by atoms with Gasteiger partial charge < -0.3 is 4.74 Å². The molecule has 2 unspecified atom stereocenters. The van der Waals surface area contributed by atoms with Crippen LogP contribution in [0, 0.1) is 5.92 Å². The molecule has 1 aromatic heterocycles. The zero-order valence-electron chi connectivity index (χ0n) is 14.1. The van der Waals surface area contributed by atoms with Crippen LogP contribution in [0.5, 0.6) is 0 Å². The number of ether oxygens (including phenoxy) is 1. The molecule has 1 aliphatic rings. The van der Waals surface area contributed by atoms with E-state index in [0.717, 1.165) is 18.7 Å². The van der Waals surface area contributed by atoms with E-state index in [1.807, 2.05) is 18.2 Å². The van der Waals surface area contributed by atoms with Crippen molar-refractivity contribution in [2.24, 2.45) is 5.92 Å². The number of esters is 1. The molecule has 3 rings (SSSR count). The van der Waals surface area contributed by atoms with Crippen LogP contribution >= 0.6 is 0 Å². The van der Waals surface area contributed by atoms with Crippen LogP contribution in [0.15, 0.2) is 41.3 Å². The van der Waals surface area contributed by atoms with Crippen molar-refractivity contribution in [1.29, 1.82) is 0 Å². The van der Waals surface area contributed by atoms with Crippen LogP contribution in [-0.4, -0.2) is 22.1 Å². The first-order chi connectivity index (χ1) is 11.6. The molecule has 2 aromatic rings. The molecular formula is C19H22N2O3. The maximum atomic E-state index is 12.7. The van der Waals surface area contributed by atoms with Crippen LogP contribution in [0.25, 0.3) is 0 Å². The van der Waals surface area contributed by atoms with Crippen molar-refractivity contribution < 1.29 is 9.53 Å². The second-order valence-corrected chi connectivity index (χ2v) is 6.27. The van der Waals surface area contributed by atoms with Gasteiger partial charge in [0, 0.05) is 18.7 Å². The quantitative estimate of drug-likeness (QED) is 0.811. The van der Waals surface area contributed by atoms with Gasteiger partial charge in [-0.2, -0.15) is 0 Å². The molecule has 0 saturated carbocycles. The largest absolute Gasteiger partial charge is 0.462 e. The third-order valence-electron chi connectivity index (χ3n) is 4.70. The maximum Gasteiger partial charge on any atom is 0.345 e. The van der Waals surface area contributed by atoms with E-state index in [-0.39, 0.29) is 23.6 Å². The van der Waals surface area contributed by atoms with E-state index < -0.39 is 5.97 Å². The van der Waals surface area contributed by atoms with Gasteiger partial charge in [-0.1, -0.05) is 37.3 Å². The first-order valence-electron chi connectivity index (χ1n) is 8.42. The summed E-state index contributed by atoms with van der Waals surface area (Å²) < 4.78 is 6.60. The van der Waals surface area contributed by atoms with Crippen LogP contribution in [0.3, 0.4) is 0 Å². The molecule has 0 amide bonds. The predicted molar refractivity (Wildman–Crippen MR) is 91.1 cm³/mol. The third kappa shape index (κ3) is 3.11. The van der Waals surface area contributed by atoms with Gasteiger partial charge in [-0.25, -0.2) is 9.78 Å². The van der Waals surface area contributed by atoms with Crippen molar-refractivity contribution in [3.8, 4) is 0 Å². The Balaban J connectivity index is 1.97. The highest BCUT2D eigenvalue weighted by molar-refractivity contribution is 5.88. The number of rotatable bonds is 4. The minimum atomic E-state index is -0.594. The Morgan fingerprint density at radius 1 is 1.33 bits per heavy atom. The number of nitrogens with zero attached hydrogens (tertiary/aromatic N) is 2. The molecule has 126 valence electrons. The van der Waals surface area contributed by atoms with Gasteiger partial charge in [0.15, 0.2) is 0 Å². The van der Waals surface area contributed by atoms with Gasteiger partial charge in [-0.3, -0.25) is 9.36 Å². The standard InChI is InChI=1S/C19H22N2O3/c1-3-24-19(23)16-12-20-17-15(11-14-7-5-4-6-8-14)13(2)9-10-21(17)18(16)22/h4-8,12-13,15H,3,9-11H2,1-2H3. The van der Waals surface area contributed by atoms with Gasteiger partial charge >= 0.3 is 5.97 Å². The highest BCUT2D eigenvalue weighted by Gasteiger charge is 2.30. The highest BCUT2D eigenvalue weighted by Crippen LogP contribution is 2.33. The van der Waals surface area contributed by atoms with Crippen LogP contribution in [-0.2, 0) is 17.7 Å². The minimum absolute atomic E-state index is 0.0219. The Hall–Kier alpha value is -2.43. The molecule has 0 radical (unpaired) electrons. The topological polar surface area (TPSA) is 61.2 Å². The summed E-state index contributed by atoms with van der Waals surface area (Å²) in [6.45, 7) is 4.76. The smallest absolute Gasteiger partial charge is 0.345 e. The van der Waals surface area contributed by atoms with Crippen LogP contribution < -0.4 is 5.56 Å². The average Bonchev–Trinajstić information content (AvgIpc) is 2.59. The number of benzene rings is 1. The lowest BCUT2D eigenvalue weighted by atomic mass is 9.83. The summed E-state index contributed by atoms with van der Waals surface area (Å²) in [6, 6.07) is 10.2. The molecule has 2 heterocycles. The molecule has 1 aromatic carbocycles. The molecule has 24 heavy (non-hydrogen) atoms. The number of hydrogen-bond donors (Lipinski definition) is 0. The third-order valence-corrected chi connectivity index (χ3v) is 4.70. The Bertz CT molecular complexity index is 783. The lowest BCUT2D eigenvalue weighted by molar-refractivity contribution is 0.0522. The SMILES string of the molecule is CCOC(=O)c1cnc2n(c1=O)CCC(C)C2Cc1ccccc1. The summed E-state index contributed by atoms with van der Waals surface area (Å²) in [6.07, 6.45) is 3.12. The number of carbonyl (C=O) groups is 1. The molecule has 5 nitrogen and oxygen atoms in total. The number of carbonyl (C=O) groups excluding carboxylic acids is 1. The Morgan fingerprint density at radius 2 is 2.08 bits per heavy atom. The lowest BCUT2D eigenvalue weighted by Crippen LogP contribution is -2.37. The van der Waals surface area contributed by atoms with Crippen LogP contribution in [0.1, 0.15) is 47.9 Å². The maximum absolute atomic E-state index is 12.7. The first kappa shape index (κ1) is 16.4. The molecule has 0 saturated heterocycles. The minimum Gasteiger partial charge on any atom is -0.462 e. The van der Waals surface area contributed by atoms with E-state index in [1.165, 1.54) is 11.8 Å². The molecule has 5 heteroatoms. The van der Waals surface area contributed by atoms with Gasteiger partial charge in [0.2, 0.25) is 0 Å². The molecular weight excluding hydrogens is 304 g/mol. The number of aromatic nitrogens is 2. The van der Waals surface area contributed by atoms with Gasteiger partial charge in [0.05, 0.1) is 6.61 Å². The fraction of sp³-hybridized carbons (Fsp3) is 0.421. The van der Waals surface area contributed by atoms with E-state index in [1.54, 1.807) is 11.5 Å². The Kier molecular flexibility index (Phi) is 4.79. The van der Waals surface area contributed by atoms with Crippen molar-refractivity contribution in [2.45, 2.75) is 39.2 Å². The average molecular weight is 326 g/mol. The van der Waals surface area contributed by atoms with E-state index in [2.05, 4.69) is 24.0 Å². The highest BCUT2D eigenvalue weighted by atomic mass is 16.5. The van der Waals surface area contributed by atoms with Gasteiger partial charge in [0.1, 0.15) is 11.4 Å². The molecule has 0 spiro atoms. The summed E-state index contributed by atoms with van der Waals surface area (Å²) in [5, 5.41) is 0. The fourth-order valence-electron chi connectivity index (χ4n) is 3.31. The van der Waals surface area contributed by atoms with Crippen LogP contribution in [0.4, 0.5) is 0 Å². The van der Waals surface area contributed by atoms with Crippen molar-refractivity contribution in [1.82, 2.24) is 9.55 Å². The fourth-order valence-corrected chi connectivity index (χ4v) is 3.31. The van der Waals surface area contributed by atoms with E-state index >= 15 is 0 Å². The predicted octanol–water partition coefficient (Wildman–Crippen LogP) is 2.79. The van der Waals surface area contributed by atoms with Gasteiger partial charge in [0.25, 0.3) is 5.56 Å². The molecule has 1 aliphatic heterocycles. The van der Waals surface area contributed by atoms with E-state index in [9.17, 15) is 9.59 Å². The van der Waals surface area contributed by atoms with Crippen molar-refractivity contribution in [2.75, 3.05) is 6.61 Å². The lowest BCUT2D eigenvalue weighted by Gasteiger charge is -2.31. The zero-order valence-corrected chi connectivity index (χ0v) is 14.1. The molecule has 2 atom stereocenters. The number of hydrogen-bond acceptors (Lipinski definition) is 4. The van der Waals surface area contributed by atoms with Crippen LogP contribution in [0.2, 0.25) is 0 Å². The molecule has 0 bridgehead atoms. The van der Waals surface area contributed by atoms with Gasteiger partial charge in [-0.15, -0.1) is 0 Å². The molecule has 0 aliphatic carbocycles. The summed E-state index contributed by atoms with van der Waals surface area (Å²) in [5.74, 6) is 0.787. The van der Waals surface area contributed by atoms with Crippen molar-refractivity contribution >= 4 is 5.97 Å². The molecule has 0 fully saturated rings. The van der Waals surface area contributed by atoms with E-state index in [0.29, 0.717) is 12.5 Å². The summed E-state index contributed by atoms with van der Waals surface area (Å²) >= 11 is 0. The monoisotopic (exact) mass is 326 g/mol. The van der Waals surface area contributed by atoms with E-state index in [4.69, 9.17) is 4.74 Å². The van der Waals surface area contributed by atoms with Crippen molar-refractivity contribution in [3.05, 3.63) is 63.8 Å². The normalized spacial score (nSPS) is 19.6. The second kappa shape index (κ2) is 6.99. The first-order valence-corrected chi connectivity index (χ1v) is 8.42.